The molecule has 8 atom stereocenters. The van der Waals surface area contributed by atoms with Gasteiger partial charge in [-0.15, -0.1) is 0 Å². The first kappa shape index (κ1) is 31.2. The van der Waals surface area contributed by atoms with E-state index in [0.29, 0.717) is 36.3 Å². The number of rotatable bonds is 5. The van der Waals surface area contributed by atoms with Gasteiger partial charge in [0.15, 0.2) is 6.29 Å². The summed E-state index contributed by atoms with van der Waals surface area (Å²) >= 11 is 0. The number of alkyl carbamates (subject to hydrolysis) is 1. The summed E-state index contributed by atoms with van der Waals surface area (Å²) in [5.41, 5.74) is 3.21. The molecule has 1 aromatic rings. The number of hydrogen-bond acceptors (Lipinski definition) is 6. The maximum absolute atomic E-state index is 13.3. The largest absolute Gasteiger partial charge is 0.446 e. The van der Waals surface area contributed by atoms with Gasteiger partial charge in [0, 0.05) is 42.3 Å². The smallest absolute Gasteiger partial charge is 0.411 e. The quantitative estimate of drug-likeness (QED) is 0.361. The summed E-state index contributed by atoms with van der Waals surface area (Å²) in [6.45, 7) is 12.9. The number of para-hydroxylation sites is 1. The lowest BCUT2D eigenvalue weighted by atomic mass is 9.49. The van der Waals surface area contributed by atoms with Crippen LogP contribution >= 0.6 is 0 Å². The van der Waals surface area contributed by atoms with E-state index in [1.807, 2.05) is 30.3 Å². The molecular weight excluding hydrogens is 556 g/mol. The summed E-state index contributed by atoms with van der Waals surface area (Å²) in [6, 6.07) is 9.36. The van der Waals surface area contributed by atoms with Gasteiger partial charge in [0.1, 0.15) is 12.2 Å². The molecule has 1 unspecified atom stereocenters. The Kier molecular flexibility index (Phi) is 8.37. The van der Waals surface area contributed by atoms with Crippen LogP contribution in [0.3, 0.4) is 0 Å². The Hall–Kier alpha value is -2.84. The SMILES string of the molecule is CNC(=O)O[C@@H]1CC2=CC=C3[C@@H]4CC[C@H](C(C)C5OCC(C)(C)CO5)[C@@]4(C)CC[C@@H]3[C@@]2(C)[C@@H](OC(=O)Nc2ccccc2)C1. The molecule has 44 heavy (non-hydrogen) atoms. The normalized spacial score (nSPS) is 36.8. The summed E-state index contributed by atoms with van der Waals surface area (Å²) in [5.74, 6) is 1.55. The molecule has 8 heteroatoms. The highest BCUT2D eigenvalue weighted by molar-refractivity contribution is 5.84. The second-order valence-corrected chi connectivity index (χ2v) is 15.1. The monoisotopic (exact) mass is 606 g/mol. The minimum atomic E-state index is -0.482. The summed E-state index contributed by atoms with van der Waals surface area (Å²) in [4.78, 5) is 25.5. The van der Waals surface area contributed by atoms with Crippen LogP contribution in [0.5, 0.6) is 0 Å². The van der Waals surface area contributed by atoms with Crippen molar-refractivity contribution < 1.29 is 28.5 Å². The molecule has 4 fully saturated rings. The minimum absolute atomic E-state index is 0.0593. The summed E-state index contributed by atoms with van der Waals surface area (Å²) < 4.78 is 24.6. The van der Waals surface area contributed by atoms with Crippen LogP contribution in [-0.4, -0.2) is 50.9 Å². The number of carbonyl (C=O) groups is 2. The molecular formula is C36H50N2O6. The predicted molar refractivity (Wildman–Crippen MR) is 169 cm³/mol. The molecule has 1 saturated heterocycles. The van der Waals surface area contributed by atoms with Crippen LogP contribution in [0, 0.1) is 39.9 Å². The van der Waals surface area contributed by atoms with Gasteiger partial charge in [-0.1, -0.05) is 76.1 Å². The molecule has 0 radical (unpaired) electrons. The molecule has 1 aliphatic heterocycles. The van der Waals surface area contributed by atoms with E-state index in [0.717, 1.165) is 38.9 Å². The summed E-state index contributed by atoms with van der Waals surface area (Å²) in [5, 5.41) is 5.47. The zero-order valence-corrected chi connectivity index (χ0v) is 27.2. The Labute approximate surface area is 262 Å². The number of nitrogens with one attached hydrogen (secondary N) is 2. The van der Waals surface area contributed by atoms with Gasteiger partial charge in [-0.2, -0.15) is 0 Å². The van der Waals surface area contributed by atoms with E-state index in [1.54, 1.807) is 7.05 Å². The van der Waals surface area contributed by atoms with Gasteiger partial charge in [-0.3, -0.25) is 5.32 Å². The van der Waals surface area contributed by atoms with Crippen LogP contribution in [0.1, 0.15) is 73.1 Å². The number of fused-ring (bicyclic) bond motifs is 5. The van der Waals surface area contributed by atoms with Crippen molar-refractivity contribution in [2.75, 3.05) is 25.6 Å². The molecule has 2 amide bonds. The van der Waals surface area contributed by atoms with Crippen molar-refractivity contribution in [3.05, 3.63) is 53.6 Å². The standard InChI is InChI=1S/C36H50N2O6/c1-22(31-41-20-34(2,3)21-42-31)27-14-15-28-26-13-12-23-18-25(43-32(39)37-6)19-30(36(23,5)29(26)16-17-35(27,28)4)44-33(40)38-24-10-8-7-9-11-24/h7-13,22,25,27-31H,14-21H2,1-6H3,(H,37,39)(H,38,40)/t22?,25-,27-,28+,29+,30+,35-,36+/m1/s1. The number of amides is 2. The second-order valence-electron chi connectivity index (χ2n) is 15.1. The van der Waals surface area contributed by atoms with Crippen molar-refractivity contribution in [1.29, 1.82) is 0 Å². The number of allylic oxidation sites excluding steroid dienone is 3. The van der Waals surface area contributed by atoms with E-state index in [1.165, 1.54) is 11.1 Å². The molecule has 1 heterocycles. The van der Waals surface area contributed by atoms with Crippen LogP contribution in [0.4, 0.5) is 15.3 Å². The van der Waals surface area contributed by atoms with Crippen molar-refractivity contribution in [3.63, 3.8) is 0 Å². The van der Waals surface area contributed by atoms with E-state index in [4.69, 9.17) is 18.9 Å². The van der Waals surface area contributed by atoms with E-state index < -0.39 is 18.3 Å². The van der Waals surface area contributed by atoms with Gasteiger partial charge in [0.25, 0.3) is 0 Å². The number of carbonyl (C=O) groups excluding carboxylic acids is 2. The summed E-state index contributed by atoms with van der Waals surface area (Å²) in [6.07, 6.45) is 8.23. The number of benzene rings is 1. The number of ether oxygens (including phenoxy) is 4. The van der Waals surface area contributed by atoms with E-state index in [9.17, 15) is 9.59 Å². The second kappa shape index (κ2) is 11.8. The first-order valence-corrected chi connectivity index (χ1v) is 16.5. The lowest BCUT2D eigenvalue weighted by Crippen LogP contribution is -2.55. The lowest BCUT2D eigenvalue weighted by Gasteiger charge is -2.57. The fourth-order valence-electron chi connectivity index (χ4n) is 9.38. The first-order chi connectivity index (χ1) is 20.9. The van der Waals surface area contributed by atoms with Gasteiger partial charge in [-0.25, -0.2) is 9.59 Å². The lowest BCUT2D eigenvalue weighted by molar-refractivity contribution is -0.252. The Morgan fingerprint density at radius 3 is 2.36 bits per heavy atom. The van der Waals surface area contributed by atoms with Gasteiger partial charge in [0.05, 0.1) is 13.2 Å². The van der Waals surface area contributed by atoms with Crippen molar-refractivity contribution >= 4 is 17.9 Å². The Balaban J connectivity index is 1.25. The van der Waals surface area contributed by atoms with Crippen molar-refractivity contribution in [2.45, 2.75) is 91.6 Å². The fraction of sp³-hybridized carbons (Fsp3) is 0.667. The number of hydrogen-bond donors (Lipinski definition) is 2. The number of anilines is 1. The molecule has 0 aromatic heterocycles. The molecule has 0 spiro atoms. The van der Waals surface area contributed by atoms with Crippen LogP contribution in [0.25, 0.3) is 0 Å². The van der Waals surface area contributed by atoms with Crippen molar-refractivity contribution in [1.82, 2.24) is 5.32 Å². The third kappa shape index (κ3) is 5.57. The van der Waals surface area contributed by atoms with Gasteiger partial charge in [-0.05, 0) is 61.0 Å². The first-order valence-electron chi connectivity index (χ1n) is 16.5. The van der Waals surface area contributed by atoms with E-state index in [2.05, 4.69) is 57.4 Å². The van der Waals surface area contributed by atoms with Crippen LogP contribution in [-0.2, 0) is 18.9 Å². The highest BCUT2D eigenvalue weighted by Crippen LogP contribution is 2.66. The molecule has 240 valence electrons. The Morgan fingerprint density at radius 1 is 0.932 bits per heavy atom. The topological polar surface area (TPSA) is 95.1 Å². The maximum atomic E-state index is 13.3. The molecule has 6 rings (SSSR count). The third-order valence-corrected chi connectivity index (χ3v) is 11.8. The molecule has 4 aliphatic carbocycles. The fourth-order valence-corrected chi connectivity index (χ4v) is 9.38. The van der Waals surface area contributed by atoms with Gasteiger partial charge in [0.2, 0.25) is 0 Å². The van der Waals surface area contributed by atoms with Crippen LogP contribution in [0.15, 0.2) is 53.6 Å². The van der Waals surface area contributed by atoms with E-state index >= 15 is 0 Å². The maximum Gasteiger partial charge on any atom is 0.411 e. The predicted octanol–water partition coefficient (Wildman–Crippen LogP) is 7.47. The molecule has 2 N–H and O–H groups in total. The van der Waals surface area contributed by atoms with Crippen molar-refractivity contribution in [2.24, 2.45) is 39.9 Å². The highest BCUT2D eigenvalue weighted by Gasteiger charge is 2.61. The Bertz CT molecular complexity index is 1300. The average Bonchev–Trinajstić information content (AvgIpc) is 3.35. The molecule has 3 saturated carbocycles. The minimum Gasteiger partial charge on any atom is -0.446 e. The van der Waals surface area contributed by atoms with Crippen LogP contribution < -0.4 is 10.6 Å². The van der Waals surface area contributed by atoms with E-state index in [-0.39, 0.29) is 34.6 Å². The highest BCUT2D eigenvalue weighted by atomic mass is 16.7. The average molecular weight is 607 g/mol. The van der Waals surface area contributed by atoms with Gasteiger partial charge >= 0.3 is 12.2 Å². The zero-order chi connectivity index (χ0) is 31.3. The van der Waals surface area contributed by atoms with Gasteiger partial charge < -0.3 is 24.3 Å². The Morgan fingerprint density at radius 2 is 1.66 bits per heavy atom. The molecule has 0 bridgehead atoms. The summed E-state index contributed by atoms with van der Waals surface area (Å²) in [7, 11) is 1.56. The third-order valence-electron chi connectivity index (χ3n) is 11.8. The molecule has 5 aliphatic rings. The van der Waals surface area contributed by atoms with Crippen molar-refractivity contribution in [3.8, 4) is 0 Å². The molecule has 8 nitrogen and oxygen atoms in total. The van der Waals surface area contributed by atoms with Crippen LogP contribution in [0.2, 0.25) is 0 Å². The zero-order valence-electron chi connectivity index (χ0n) is 27.2. The molecule has 1 aromatic carbocycles.